The normalized spacial score (nSPS) is 19.4. The lowest BCUT2D eigenvalue weighted by atomic mass is 9.87. The zero-order valence-electron chi connectivity index (χ0n) is 14.7. The van der Waals surface area contributed by atoms with Crippen molar-refractivity contribution in [2.45, 2.75) is 37.8 Å². The minimum absolute atomic E-state index is 0.204. The van der Waals surface area contributed by atoms with Crippen LogP contribution in [0.3, 0.4) is 0 Å². The molecular weight excluding hydrogens is 318 g/mol. The molecule has 0 bridgehead atoms. The van der Waals surface area contributed by atoms with Gasteiger partial charge in [0.1, 0.15) is 5.66 Å². The van der Waals surface area contributed by atoms with Gasteiger partial charge in [-0.3, -0.25) is 9.69 Å². The summed E-state index contributed by atoms with van der Waals surface area (Å²) in [6.45, 7) is 0. The van der Waals surface area contributed by atoms with Crippen LogP contribution in [0.5, 0.6) is 0 Å². The van der Waals surface area contributed by atoms with Crippen LogP contribution in [0.2, 0.25) is 0 Å². The molecule has 2 aliphatic rings. The second-order valence-electron chi connectivity index (χ2n) is 6.78. The van der Waals surface area contributed by atoms with E-state index in [1.165, 1.54) is 0 Å². The molecule has 1 amide bonds. The predicted octanol–water partition coefficient (Wildman–Crippen LogP) is 0.961. The highest BCUT2D eigenvalue weighted by Gasteiger charge is 2.42. The van der Waals surface area contributed by atoms with Crippen LogP contribution in [0, 0.1) is 0 Å². The van der Waals surface area contributed by atoms with Crippen molar-refractivity contribution in [1.82, 2.24) is 0 Å². The summed E-state index contributed by atoms with van der Waals surface area (Å²) in [4.78, 5) is 24.5. The quantitative estimate of drug-likeness (QED) is 0.753. The molecule has 3 rings (SSSR count). The summed E-state index contributed by atoms with van der Waals surface area (Å²) >= 11 is 0. The van der Waals surface area contributed by atoms with Gasteiger partial charge in [-0.05, 0) is 43.9 Å². The van der Waals surface area contributed by atoms with Crippen molar-refractivity contribution >= 4 is 29.2 Å². The molecule has 0 atom stereocenters. The van der Waals surface area contributed by atoms with E-state index in [0.29, 0.717) is 11.5 Å². The van der Waals surface area contributed by atoms with Crippen molar-refractivity contribution in [2.24, 2.45) is 27.2 Å². The number of rotatable bonds is 3. The van der Waals surface area contributed by atoms with Crippen molar-refractivity contribution in [3.05, 3.63) is 23.8 Å². The van der Waals surface area contributed by atoms with Crippen LogP contribution in [0.25, 0.3) is 0 Å². The zero-order chi connectivity index (χ0) is 18.2. The fourth-order valence-electron chi connectivity index (χ4n) is 3.75. The van der Waals surface area contributed by atoms with E-state index >= 15 is 0 Å². The Kier molecular flexibility index (Phi) is 4.28. The second-order valence-corrected chi connectivity index (χ2v) is 6.78. The number of primary amides is 1. The van der Waals surface area contributed by atoms with Gasteiger partial charge in [-0.1, -0.05) is 6.42 Å². The number of amides is 1. The molecule has 0 aromatic heterocycles. The van der Waals surface area contributed by atoms with E-state index in [9.17, 15) is 4.79 Å². The smallest absolute Gasteiger partial charge is 0.250 e. The highest BCUT2D eigenvalue weighted by Crippen LogP contribution is 2.40. The lowest BCUT2D eigenvalue weighted by Gasteiger charge is -2.45. The zero-order valence-corrected chi connectivity index (χ0v) is 14.7. The molecule has 0 unspecified atom stereocenters. The maximum atomic E-state index is 11.9. The Bertz CT molecular complexity index is 747. The van der Waals surface area contributed by atoms with Crippen molar-refractivity contribution in [3.8, 4) is 0 Å². The van der Waals surface area contributed by atoms with Crippen LogP contribution in [-0.4, -0.2) is 37.6 Å². The largest absolute Gasteiger partial charge is 0.377 e. The van der Waals surface area contributed by atoms with Crippen LogP contribution in [0.15, 0.2) is 28.2 Å². The molecule has 1 fully saturated rings. The van der Waals surface area contributed by atoms with Gasteiger partial charge >= 0.3 is 0 Å². The van der Waals surface area contributed by atoms with Gasteiger partial charge in [0.25, 0.3) is 5.91 Å². The van der Waals surface area contributed by atoms with Gasteiger partial charge in [0.05, 0.1) is 5.56 Å². The molecule has 6 N–H and O–H groups in total. The van der Waals surface area contributed by atoms with Crippen LogP contribution >= 0.6 is 0 Å². The first-order valence-corrected chi connectivity index (χ1v) is 8.45. The number of aliphatic imine (C=N–C) groups is 2. The molecule has 25 heavy (non-hydrogen) atoms. The summed E-state index contributed by atoms with van der Waals surface area (Å²) in [7, 11) is 3.73. The average molecular weight is 343 g/mol. The number of hydrogen-bond acceptors (Lipinski definition) is 7. The first kappa shape index (κ1) is 17.1. The number of nitrogens with two attached hydrogens (primary N) is 3. The van der Waals surface area contributed by atoms with E-state index in [-0.39, 0.29) is 5.96 Å². The molecule has 1 aromatic rings. The first-order chi connectivity index (χ1) is 11.8. The maximum absolute atomic E-state index is 11.9. The van der Waals surface area contributed by atoms with Crippen LogP contribution in [0.4, 0.5) is 11.4 Å². The number of guanidine groups is 2. The number of hydrogen-bond donors (Lipinski definition) is 3. The highest BCUT2D eigenvalue weighted by atomic mass is 16.1. The third kappa shape index (κ3) is 2.99. The second kappa shape index (κ2) is 6.27. The van der Waals surface area contributed by atoms with E-state index in [4.69, 9.17) is 17.2 Å². The predicted molar refractivity (Wildman–Crippen MR) is 101 cm³/mol. The standard InChI is InChI=1S/C17H25N7O/c1-23(2)13-7-6-11(10-12(13)14(18)25)24-16(20)21-15(19)22-17(24)8-4-3-5-9-17/h6-7,10H,3-5,8-9H2,1-2H3,(H2,18,25)(H4,19,20,21,22). The third-order valence-corrected chi connectivity index (χ3v) is 4.84. The summed E-state index contributed by atoms with van der Waals surface area (Å²) in [5.74, 6) is 0.0110. The molecule has 1 aliphatic heterocycles. The molecule has 0 saturated heterocycles. The molecule has 134 valence electrons. The Labute approximate surface area is 147 Å². The average Bonchev–Trinajstić information content (AvgIpc) is 2.54. The summed E-state index contributed by atoms with van der Waals surface area (Å²) in [6, 6.07) is 5.53. The molecule has 1 aliphatic carbocycles. The van der Waals surface area contributed by atoms with E-state index in [1.807, 2.05) is 36.0 Å². The van der Waals surface area contributed by atoms with Gasteiger partial charge in [0.2, 0.25) is 11.9 Å². The van der Waals surface area contributed by atoms with E-state index in [0.717, 1.165) is 43.5 Å². The number of nitrogens with zero attached hydrogens (tertiary/aromatic N) is 4. The van der Waals surface area contributed by atoms with E-state index in [1.54, 1.807) is 6.07 Å². The van der Waals surface area contributed by atoms with Gasteiger partial charge in [-0.15, -0.1) is 0 Å². The molecule has 1 aromatic carbocycles. The number of carbonyl (C=O) groups is 1. The SMILES string of the molecule is CN(C)c1ccc(N2C(N)=NC(N)=NC23CCCCC3)cc1C(N)=O. The van der Waals surface area contributed by atoms with Crippen molar-refractivity contribution < 1.29 is 4.79 Å². The van der Waals surface area contributed by atoms with Crippen LogP contribution < -0.4 is 27.0 Å². The van der Waals surface area contributed by atoms with E-state index < -0.39 is 11.6 Å². The number of anilines is 2. The Hall–Kier alpha value is -2.77. The van der Waals surface area contributed by atoms with Crippen molar-refractivity contribution in [2.75, 3.05) is 23.9 Å². The minimum atomic E-state index is -0.539. The molecule has 1 saturated carbocycles. The number of carbonyl (C=O) groups excluding carboxylic acids is 1. The highest BCUT2D eigenvalue weighted by molar-refractivity contribution is 6.07. The summed E-state index contributed by atoms with van der Waals surface area (Å²) < 4.78 is 0. The molecule has 0 radical (unpaired) electrons. The lowest BCUT2D eigenvalue weighted by Crippen LogP contribution is -2.58. The maximum Gasteiger partial charge on any atom is 0.250 e. The topological polar surface area (TPSA) is 126 Å². The fourth-order valence-corrected chi connectivity index (χ4v) is 3.75. The van der Waals surface area contributed by atoms with Gasteiger partial charge < -0.3 is 22.1 Å². The fraction of sp³-hybridized carbons (Fsp3) is 0.471. The van der Waals surface area contributed by atoms with Crippen LogP contribution in [0.1, 0.15) is 42.5 Å². The lowest BCUT2D eigenvalue weighted by molar-refractivity contribution is 0.100. The van der Waals surface area contributed by atoms with Crippen molar-refractivity contribution in [3.63, 3.8) is 0 Å². The van der Waals surface area contributed by atoms with Gasteiger partial charge in [-0.2, -0.15) is 4.99 Å². The Balaban J connectivity index is 2.11. The minimum Gasteiger partial charge on any atom is -0.377 e. The summed E-state index contributed by atoms with van der Waals surface area (Å²) in [6.07, 6.45) is 4.92. The molecular formula is C17H25N7O. The first-order valence-electron chi connectivity index (χ1n) is 8.45. The molecule has 8 heteroatoms. The number of benzene rings is 1. The Morgan fingerprint density at radius 3 is 2.48 bits per heavy atom. The third-order valence-electron chi connectivity index (χ3n) is 4.84. The molecule has 1 spiro atoms. The van der Waals surface area contributed by atoms with Crippen LogP contribution in [-0.2, 0) is 0 Å². The molecule has 1 heterocycles. The van der Waals surface area contributed by atoms with Gasteiger partial charge in [0.15, 0.2) is 0 Å². The summed E-state index contributed by atoms with van der Waals surface area (Å²) in [5.41, 5.74) is 19.1. The van der Waals surface area contributed by atoms with E-state index in [2.05, 4.69) is 9.98 Å². The Morgan fingerprint density at radius 2 is 1.88 bits per heavy atom. The molecule has 8 nitrogen and oxygen atoms in total. The van der Waals surface area contributed by atoms with Gasteiger partial charge in [-0.25, -0.2) is 4.99 Å². The van der Waals surface area contributed by atoms with Crippen molar-refractivity contribution in [1.29, 1.82) is 0 Å². The van der Waals surface area contributed by atoms with Gasteiger partial charge in [0, 0.05) is 25.5 Å². The monoisotopic (exact) mass is 343 g/mol. The Morgan fingerprint density at radius 1 is 1.20 bits per heavy atom. The summed E-state index contributed by atoms with van der Waals surface area (Å²) in [5, 5.41) is 0.